The van der Waals surface area contributed by atoms with Gasteiger partial charge >= 0.3 is 5.97 Å². The fourth-order valence-corrected chi connectivity index (χ4v) is 6.60. The molecule has 35 heavy (non-hydrogen) atoms. The van der Waals surface area contributed by atoms with Crippen LogP contribution in [0.15, 0.2) is 57.2 Å². The van der Waals surface area contributed by atoms with Crippen LogP contribution in [0, 0.1) is 0 Å². The summed E-state index contributed by atoms with van der Waals surface area (Å²) in [4.78, 5) is 29.3. The van der Waals surface area contributed by atoms with Crippen molar-refractivity contribution in [3.8, 4) is 0 Å². The number of amides is 1. The van der Waals surface area contributed by atoms with Crippen molar-refractivity contribution in [2.45, 2.75) is 30.2 Å². The number of hydrogen-bond donors (Lipinski definition) is 0. The molecule has 1 aromatic heterocycles. The van der Waals surface area contributed by atoms with Crippen LogP contribution in [0.1, 0.15) is 24.2 Å². The fraction of sp³-hybridized carbons (Fsp3) is 0.318. The van der Waals surface area contributed by atoms with Crippen molar-refractivity contribution in [3.05, 3.63) is 52.8 Å². The highest BCUT2D eigenvalue weighted by Gasteiger charge is 2.22. The molecule has 3 rings (SSSR count). The van der Waals surface area contributed by atoms with Crippen LogP contribution in [0.2, 0.25) is 0 Å². The monoisotopic (exact) mass is 539 g/mol. The highest BCUT2D eigenvalue weighted by molar-refractivity contribution is 7.90. The minimum atomic E-state index is -3.67. The van der Waals surface area contributed by atoms with Crippen LogP contribution < -0.4 is 4.80 Å². The Morgan fingerprint density at radius 3 is 2.14 bits per heavy atom. The summed E-state index contributed by atoms with van der Waals surface area (Å²) in [5.41, 5.74) is 0.669. The molecular formula is C22H25N3O7S3. The number of sulfone groups is 1. The summed E-state index contributed by atoms with van der Waals surface area (Å²) in [5.74, 6) is -1.22. The molecule has 1 heterocycles. The number of sulfonamides is 1. The van der Waals surface area contributed by atoms with E-state index >= 15 is 0 Å². The van der Waals surface area contributed by atoms with Gasteiger partial charge in [0.1, 0.15) is 6.54 Å². The molecule has 0 radical (unpaired) electrons. The molecule has 0 aliphatic carbocycles. The molecule has 1 amide bonds. The van der Waals surface area contributed by atoms with E-state index in [1.54, 1.807) is 19.9 Å². The third-order valence-electron chi connectivity index (χ3n) is 5.24. The van der Waals surface area contributed by atoms with E-state index < -0.39 is 31.7 Å². The van der Waals surface area contributed by atoms with Crippen LogP contribution in [-0.4, -0.2) is 64.0 Å². The number of carbonyl (C=O) groups excluding carboxylic acids is 2. The number of rotatable bonds is 8. The van der Waals surface area contributed by atoms with Gasteiger partial charge in [-0.2, -0.15) is 9.30 Å². The Morgan fingerprint density at radius 2 is 1.60 bits per heavy atom. The molecule has 0 aliphatic heterocycles. The molecule has 0 spiro atoms. The summed E-state index contributed by atoms with van der Waals surface area (Å²) in [7, 11) is -5.90. The zero-order valence-corrected chi connectivity index (χ0v) is 22.0. The maximum Gasteiger partial charge on any atom is 0.325 e. The fourth-order valence-electron chi connectivity index (χ4n) is 3.35. The molecule has 2 aromatic carbocycles. The van der Waals surface area contributed by atoms with Crippen LogP contribution in [-0.2, 0) is 35.9 Å². The van der Waals surface area contributed by atoms with Crippen LogP contribution in [0.25, 0.3) is 10.2 Å². The van der Waals surface area contributed by atoms with E-state index in [9.17, 15) is 26.4 Å². The van der Waals surface area contributed by atoms with E-state index in [4.69, 9.17) is 4.74 Å². The third kappa shape index (κ3) is 5.69. The smallest absolute Gasteiger partial charge is 0.325 e. The first kappa shape index (κ1) is 26.7. The second kappa shape index (κ2) is 10.4. The maximum absolute atomic E-state index is 12.9. The van der Waals surface area contributed by atoms with Gasteiger partial charge in [-0.3, -0.25) is 9.59 Å². The molecule has 0 fully saturated rings. The average molecular weight is 540 g/mol. The van der Waals surface area contributed by atoms with Crippen molar-refractivity contribution < 1.29 is 31.2 Å². The molecule has 10 nitrogen and oxygen atoms in total. The van der Waals surface area contributed by atoms with Crippen molar-refractivity contribution in [2.75, 3.05) is 26.5 Å². The molecule has 0 bridgehead atoms. The van der Waals surface area contributed by atoms with Gasteiger partial charge in [0.25, 0.3) is 5.91 Å². The first-order valence-corrected chi connectivity index (χ1v) is 14.7. The minimum Gasteiger partial charge on any atom is -0.468 e. The number of esters is 1. The summed E-state index contributed by atoms with van der Waals surface area (Å²) >= 11 is 1.05. The van der Waals surface area contributed by atoms with Crippen molar-refractivity contribution in [1.29, 1.82) is 0 Å². The number of carbonyl (C=O) groups is 2. The normalized spacial score (nSPS) is 12.9. The van der Waals surface area contributed by atoms with Gasteiger partial charge in [0, 0.05) is 24.9 Å². The predicted octanol–water partition coefficient (Wildman–Crippen LogP) is 2.05. The van der Waals surface area contributed by atoms with E-state index in [-0.39, 0.29) is 26.7 Å². The average Bonchev–Trinajstić information content (AvgIpc) is 3.15. The summed E-state index contributed by atoms with van der Waals surface area (Å²) in [5, 5.41) is 0. The number of aromatic nitrogens is 1. The van der Waals surface area contributed by atoms with Gasteiger partial charge in [0.15, 0.2) is 14.6 Å². The van der Waals surface area contributed by atoms with Gasteiger partial charge in [-0.25, -0.2) is 16.8 Å². The Kier molecular flexibility index (Phi) is 7.94. The highest BCUT2D eigenvalue weighted by atomic mass is 32.2. The lowest BCUT2D eigenvalue weighted by molar-refractivity contribution is -0.141. The van der Waals surface area contributed by atoms with Crippen molar-refractivity contribution in [3.63, 3.8) is 0 Å². The van der Waals surface area contributed by atoms with Crippen molar-refractivity contribution in [1.82, 2.24) is 8.87 Å². The molecule has 0 unspecified atom stereocenters. The predicted molar refractivity (Wildman–Crippen MR) is 131 cm³/mol. The Morgan fingerprint density at radius 1 is 1.00 bits per heavy atom. The largest absolute Gasteiger partial charge is 0.468 e. The van der Waals surface area contributed by atoms with E-state index in [2.05, 4.69) is 4.99 Å². The second-order valence-corrected chi connectivity index (χ2v) is 12.4. The van der Waals surface area contributed by atoms with Crippen molar-refractivity contribution in [2.24, 2.45) is 4.99 Å². The SMILES string of the molecule is CCN(CC)S(=O)(=O)c1ccc(C(=O)N=c2sc3cc(S(C)(=O)=O)ccc3n2CC(=O)OC)cc1. The van der Waals surface area contributed by atoms with Gasteiger partial charge < -0.3 is 9.30 Å². The number of hydrogen-bond acceptors (Lipinski definition) is 8. The number of benzene rings is 2. The summed E-state index contributed by atoms with van der Waals surface area (Å²) < 4.78 is 57.2. The lowest BCUT2D eigenvalue weighted by atomic mass is 10.2. The Labute approximate surface area is 207 Å². The zero-order valence-electron chi connectivity index (χ0n) is 19.6. The molecule has 0 saturated carbocycles. The molecular weight excluding hydrogens is 514 g/mol. The zero-order chi connectivity index (χ0) is 26.0. The molecule has 0 N–H and O–H groups in total. The highest BCUT2D eigenvalue weighted by Crippen LogP contribution is 2.22. The Hall–Kier alpha value is -2.87. The van der Waals surface area contributed by atoms with Crippen LogP contribution in [0.5, 0.6) is 0 Å². The van der Waals surface area contributed by atoms with E-state index in [0.29, 0.717) is 23.3 Å². The number of ether oxygens (including phenoxy) is 1. The van der Waals surface area contributed by atoms with Gasteiger partial charge in [-0.15, -0.1) is 0 Å². The second-order valence-electron chi connectivity index (χ2n) is 7.48. The number of thiazole rings is 1. The summed E-state index contributed by atoms with van der Waals surface area (Å²) in [6.07, 6.45) is 1.09. The topological polar surface area (TPSA) is 132 Å². The molecule has 0 saturated heterocycles. The number of fused-ring (bicyclic) bond motifs is 1. The summed E-state index contributed by atoms with van der Waals surface area (Å²) in [6.45, 7) is 3.89. The van der Waals surface area contributed by atoms with E-state index in [0.717, 1.165) is 17.6 Å². The standard InChI is InChI=1S/C22H25N3O7S3/c1-5-24(6-2)35(30,31)16-9-7-15(8-10-16)21(27)23-22-25(14-20(26)32-3)18-12-11-17(34(4,28)29)13-19(18)33-22/h7-13H,5-6,14H2,1-4H3. The summed E-state index contributed by atoms with van der Waals surface area (Å²) in [6, 6.07) is 9.87. The lowest BCUT2D eigenvalue weighted by Gasteiger charge is -2.18. The lowest BCUT2D eigenvalue weighted by Crippen LogP contribution is -2.30. The third-order valence-corrected chi connectivity index (χ3v) is 9.45. The van der Waals surface area contributed by atoms with Crippen LogP contribution in [0.3, 0.4) is 0 Å². The Bertz CT molecular complexity index is 1550. The van der Waals surface area contributed by atoms with Gasteiger partial charge in [-0.1, -0.05) is 25.2 Å². The number of nitrogens with zero attached hydrogens (tertiary/aromatic N) is 3. The van der Waals surface area contributed by atoms with E-state index in [1.807, 2.05) is 0 Å². The van der Waals surface area contributed by atoms with Crippen molar-refractivity contribution >= 4 is 53.3 Å². The van der Waals surface area contributed by atoms with Gasteiger partial charge in [0.05, 0.1) is 27.1 Å². The molecule has 0 atom stereocenters. The molecule has 13 heteroatoms. The van der Waals surface area contributed by atoms with Crippen LogP contribution in [0.4, 0.5) is 0 Å². The molecule has 3 aromatic rings. The number of methoxy groups -OCH3 is 1. The quantitative estimate of drug-likeness (QED) is 0.400. The molecule has 0 aliphatic rings. The first-order valence-electron chi connectivity index (χ1n) is 10.5. The van der Waals surface area contributed by atoms with E-state index in [1.165, 1.54) is 52.4 Å². The maximum atomic E-state index is 12.9. The van der Waals surface area contributed by atoms with Gasteiger partial charge in [0.2, 0.25) is 10.0 Å². The van der Waals surface area contributed by atoms with Gasteiger partial charge in [-0.05, 0) is 42.5 Å². The first-order chi connectivity index (χ1) is 16.4. The minimum absolute atomic E-state index is 0.0636. The van der Waals surface area contributed by atoms with Crippen LogP contribution >= 0.6 is 11.3 Å². The molecule has 188 valence electrons. The Balaban J connectivity index is 2.07.